The van der Waals surface area contributed by atoms with Crippen LogP contribution in [0, 0.1) is 30.0 Å². The molecule has 2 aliphatic heterocycles. The Bertz CT molecular complexity index is 1290. The van der Waals surface area contributed by atoms with Gasteiger partial charge in [-0.25, -0.2) is 20.1 Å². The molecule has 0 bridgehead atoms. The third kappa shape index (κ3) is 3.40. The van der Waals surface area contributed by atoms with Crippen LogP contribution in [-0.4, -0.2) is 48.5 Å². The van der Waals surface area contributed by atoms with Gasteiger partial charge in [0.1, 0.15) is 29.7 Å². The molecule has 1 aliphatic carbocycles. The monoisotopic (exact) mass is 478 g/mol. The Morgan fingerprint density at radius 1 is 1.23 bits per heavy atom. The zero-order valence-corrected chi connectivity index (χ0v) is 18.4. The van der Waals surface area contributed by atoms with E-state index in [0.717, 1.165) is 25.2 Å². The summed E-state index contributed by atoms with van der Waals surface area (Å²) in [7, 11) is 0. The first-order chi connectivity index (χ1) is 17.0. The molecule has 0 radical (unpaired) electrons. The van der Waals surface area contributed by atoms with E-state index in [4.69, 9.17) is 15.8 Å². The molecule has 11 heteroatoms. The molecule has 3 aliphatic rings. The number of rotatable bonds is 6. The van der Waals surface area contributed by atoms with Gasteiger partial charge in [-0.3, -0.25) is 9.88 Å². The second-order valence-electron chi connectivity index (χ2n) is 8.91. The molecule has 6 rings (SSSR count). The quantitative estimate of drug-likeness (QED) is 0.524. The number of amides is 1. The Morgan fingerprint density at radius 3 is 2.63 bits per heavy atom. The number of hydrogen-bond acceptors (Lipinski definition) is 7. The van der Waals surface area contributed by atoms with Crippen molar-refractivity contribution in [1.82, 2.24) is 15.5 Å². The van der Waals surface area contributed by atoms with Crippen molar-refractivity contribution < 1.29 is 22.8 Å². The number of piperidine rings is 1. The number of anilines is 2. The van der Waals surface area contributed by atoms with Crippen molar-refractivity contribution in [3.63, 3.8) is 0 Å². The number of ether oxygens (including phenoxy) is 1. The molecule has 0 spiro atoms. The van der Waals surface area contributed by atoms with Gasteiger partial charge in [-0.15, -0.1) is 0 Å². The second-order valence-corrected chi connectivity index (χ2v) is 8.91. The molecule has 3 fully saturated rings. The maximum Gasteiger partial charge on any atom is 0.414 e. The van der Waals surface area contributed by atoms with Crippen LogP contribution in [0.4, 0.5) is 25.1 Å². The maximum atomic E-state index is 15.1. The van der Waals surface area contributed by atoms with Crippen molar-refractivity contribution in [3.05, 3.63) is 71.5 Å². The second kappa shape index (κ2) is 8.02. The van der Waals surface area contributed by atoms with Gasteiger partial charge >= 0.3 is 6.09 Å². The molecule has 2 N–H and O–H groups in total. The number of nitrogens with one attached hydrogen (secondary N) is 2. The molecule has 2 aromatic heterocycles. The zero-order valence-electron chi connectivity index (χ0n) is 18.4. The Kier molecular flexibility index (Phi) is 4.93. The van der Waals surface area contributed by atoms with Crippen molar-refractivity contribution in [3.8, 4) is 11.1 Å². The highest BCUT2D eigenvalue weighted by Gasteiger charge is 2.76. The third-order valence-corrected chi connectivity index (χ3v) is 7.04. The van der Waals surface area contributed by atoms with Gasteiger partial charge in [0.25, 0.3) is 5.54 Å². The van der Waals surface area contributed by atoms with E-state index < -0.39 is 29.4 Å². The van der Waals surface area contributed by atoms with Crippen LogP contribution in [0.5, 0.6) is 0 Å². The van der Waals surface area contributed by atoms with Crippen LogP contribution >= 0.6 is 0 Å². The Labute approximate surface area is 198 Å². The van der Waals surface area contributed by atoms with E-state index in [-0.39, 0.29) is 41.7 Å². The highest BCUT2D eigenvalue weighted by molar-refractivity contribution is 5.90. The van der Waals surface area contributed by atoms with Gasteiger partial charge in [-0.2, -0.15) is 0 Å². The molecular weight excluding hydrogens is 458 g/mol. The van der Waals surface area contributed by atoms with Gasteiger partial charge in [0.15, 0.2) is 5.82 Å². The minimum Gasteiger partial charge on any atom is -0.442 e. The van der Waals surface area contributed by atoms with E-state index in [0.29, 0.717) is 11.5 Å². The maximum absolute atomic E-state index is 15.1. The molecule has 1 saturated carbocycles. The summed E-state index contributed by atoms with van der Waals surface area (Å²) < 4.78 is 40.2. The fourth-order valence-corrected chi connectivity index (χ4v) is 5.25. The van der Waals surface area contributed by atoms with Gasteiger partial charge < -0.3 is 24.7 Å². The number of aromatic nitrogens is 2. The van der Waals surface area contributed by atoms with Gasteiger partial charge in [0, 0.05) is 30.9 Å². The molecule has 1 amide bonds. The van der Waals surface area contributed by atoms with E-state index >= 15 is 8.78 Å². The van der Waals surface area contributed by atoms with Crippen LogP contribution in [-0.2, 0) is 10.3 Å². The number of carbonyl (C=O) groups is 1. The van der Waals surface area contributed by atoms with Gasteiger partial charge in [0.05, 0.1) is 36.2 Å². The average molecular weight is 478 g/mol. The number of cyclic esters (lactones) is 1. The normalized spacial score (nSPS) is 26.8. The predicted molar refractivity (Wildman–Crippen MR) is 120 cm³/mol. The summed E-state index contributed by atoms with van der Waals surface area (Å²) in [6, 6.07) is 7.11. The smallest absolute Gasteiger partial charge is 0.414 e. The molecule has 35 heavy (non-hydrogen) atoms. The first kappa shape index (κ1) is 21.5. The first-order valence-electron chi connectivity index (χ1n) is 11.2. The van der Waals surface area contributed by atoms with Crippen molar-refractivity contribution in [1.29, 1.82) is 0 Å². The lowest BCUT2D eigenvalue weighted by Crippen LogP contribution is -2.27. The molecule has 4 atom stereocenters. The van der Waals surface area contributed by atoms with E-state index in [1.54, 1.807) is 18.2 Å². The first-order valence-corrected chi connectivity index (χ1v) is 11.2. The number of fused-ring (bicyclic) bond motifs is 1. The van der Waals surface area contributed by atoms with Crippen LogP contribution in [0.25, 0.3) is 16.0 Å². The van der Waals surface area contributed by atoms with Crippen LogP contribution in [0.15, 0.2) is 47.3 Å². The van der Waals surface area contributed by atoms with E-state index in [2.05, 4.69) is 25.6 Å². The summed E-state index contributed by atoms with van der Waals surface area (Å²) in [5, 5.41) is 9.94. The molecule has 9 nitrogen and oxygen atoms in total. The largest absolute Gasteiger partial charge is 0.442 e. The molecule has 178 valence electrons. The Hall–Kier alpha value is -4.04. The van der Waals surface area contributed by atoms with E-state index in [9.17, 15) is 4.79 Å². The van der Waals surface area contributed by atoms with Crippen molar-refractivity contribution in [2.75, 3.05) is 36.4 Å². The predicted octanol–water partition coefficient (Wildman–Crippen LogP) is 3.42. The van der Waals surface area contributed by atoms with Crippen molar-refractivity contribution in [2.45, 2.75) is 11.6 Å². The van der Waals surface area contributed by atoms with E-state index in [1.807, 2.05) is 0 Å². The lowest BCUT2D eigenvalue weighted by atomic mass is 10.0. The standard InChI is InChI=1S/C24H20F2N6O3/c1-27-24(16-10-28-11-17(16)24)20-3-2-13(8-29-20)22-18(25)6-14(7-19(22)26)32-12-15(35-23(32)33)9-30-21-4-5-34-31-21/h2-8,15-17,28H,9-12H2,(H,30,31)/t15-,16-,17+,24?/m0/s1. The molecule has 3 aromatic rings. The topological polar surface area (TPSA) is 96.9 Å². The summed E-state index contributed by atoms with van der Waals surface area (Å²) >= 11 is 0. The minimum atomic E-state index is -0.820. The highest BCUT2D eigenvalue weighted by atomic mass is 19.1. The summed E-state index contributed by atoms with van der Waals surface area (Å²) in [4.78, 5) is 21.8. The van der Waals surface area contributed by atoms with Gasteiger partial charge in [-0.05, 0) is 18.2 Å². The van der Waals surface area contributed by atoms with Gasteiger partial charge in [0.2, 0.25) is 0 Å². The summed E-state index contributed by atoms with van der Waals surface area (Å²) in [6.45, 7) is 9.60. The molecular formula is C24H20F2N6O3. The molecule has 1 aromatic carbocycles. The number of pyridine rings is 1. The Morgan fingerprint density at radius 2 is 2.00 bits per heavy atom. The number of carbonyl (C=O) groups excluding carboxylic acids is 1. The fraction of sp³-hybridized carbons (Fsp3) is 0.333. The average Bonchev–Trinajstić information content (AvgIpc) is 3.38. The number of hydrogen-bond donors (Lipinski definition) is 2. The minimum absolute atomic E-state index is 0.0625. The highest BCUT2D eigenvalue weighted by Crippen LogP contribution is 2.62. The lowest BCUT2D eigenvalue weighted by Gasteiger charge is -2.16. The molecule has 2 saturated heterocycles. The molecule has 4 heterocycles. The van der Waals surface area contributed by atoms with Crippen molar-refractivity contribution >= 4 is 17.6 Å². The fourth-order valence-electron chi connectivity index (χ4n) is 5.25. The van der Waals surface area contributed by atoms with Crippen LogP contribution in [0.2, 0.25) is 0 Å². The third-order valence-electron chi connectivity index (χ3n) is 7.04. The van der Waals surface area contributed by atoms with Crippen molar-refractivity contribution in [2.24, 2.45) is 11.8 Å². The SMILES string of the molecule is [C-]#[N+]C1(c2ccc(-c3c(F)cc(N4C[C@H](CNc5ccon5)OC4=O)cc3F)cn2)[C@@H]2CNC[C@@H]21. The van der Waals surface area contributed by atoms with Crippen LogP contribution < -0.4 is 15.5 Å². The van der Waals surface area contributed by atoms with E-state index in [1.165, 1.54) is 17.4 Å². The number of halogens is 2. The Balaban J connectivity index is 1.20. The zero-order chi connectivity index (χ0) is 24.2. The van der Waals surface area contributed by atoms with Crippen LogP contribution in [0.1, 0.15) is 5.69 Å². The number of benzene rings is 1. The van der Waals surface area contributed by atoms with Gasteiger partial charge in [-0.1, -0.05) is 11.2 Å². The number of nitrogens with zero attached hydrogens (tertiary/aromatic N) is 4. The lowest BCUT2D eigenvalue weighted by molar-refractivity contribution is 0.147. The summed E-state index contributed by atoms with van der Waals surface area (Å²) in [5.74, 6) is -0.704. The summed E-state index contributed by atoms with van der Waals surface area (Å²) in [6.07, 6.45) is 1.58. The summed E-state index contributed by atoms with van der Waals surface area (Å²) in [5.41, 5.74) is 0.0832. The molecule has 1 unspecified atom stereocenters. The van der Waals surface area contributed by atoms with Crippen LogP contribution in [0.3, 0.4) is 0 Å².